The van der Waals surface area contributed by atoms with E-state index in [0.29, 0.717) is 17.6 Å². The first-order chi connectivity index (χ1) is 10.1. The van der Waals surface area contributed by atoms with Gasteiger partial charge in [0.2, 0.25) is 0 Å². The zero-order valence-corrected chi connectivity index (χ0v) is 13.6. The number of nitrogens with zero attached hydrogens (tertiary/aromatic N) is 1. The average molecular weight is 353 g/mol. The van der Waals surface area contributed by atoms with Crippen LogP contribution in [0.15, 0.2) is 22.7 Å². The van der Waals surface area contributed by atoms with Gasteiger partial charge >= 0.3 is 0 Å². The van der Waals surface area contributed by atoms with E-state index in [9.17, 15) is 9.90 Å². The summed E-state index contributed by atoms with van der Waals surface area (Å²) in [6, 6.07) is 5.82. The molecule has 1 aliphatic carbocycles. The number of amides is 1. The second kappa shape index (κ2) is 6.36. The van der Waals surface area contributed by atoms with E-state index in [-0.39, 0.29) is 11.7 Å². The molecule has 0 bridgehead atoms. The Hall–Kier alpha value is -1.07. The van der Waals surface area contributed by atoms with Crippen molar-refractivity contribution >= 4 is 21.8 Å². The van der Waals surface area contributed by atoms with Crippen molar-refractivity contribution < 1.29 is 9.90 Å². The summed E-state index contributed by atoms with van der Waals surface area (Å²) in [5.41, 5.74) is 0.404. The second-order valence-corrected chi connectivity index (χ2v) is 6.91. The first kappa shape index (κ1) is 14.9. The molecule has 1 aliphatic heterocycles. The first-order valence-electron chi connectivity index (χ1n) is 7.68. The van der Waals surface area contributed by atoms with Crippen LogP contribution in [-0.2, 0) is 0 Å². The molecule has 5 heteroatoms. The summed E-state index contributed by atoms with van der Waals surface area (Å²) in [4.78, 5) is 14.7. The van der Waals surface area contributed by atoms with Crippen LogP contribution in [0.1, 0.15) is 42.5 Å². The van der Waals surface area contributed by atoms with Crippen LogP contribution in [0.4, 0.5) is 0 Å². The van der Waals surface area contributed by atoms with Crippen molar-refractivity contribution in [2.45, 2.75) is 44.2 Å². The summed E-state index contributed by atoms with van der Waals surface area (Å²) < 4.78 is 0.781. The van der Waals surface area contributed by atoms with Crippen molar-refractivity contribution in [1.29, 1.82) is 0 Å². The van der Waals surface area contributed by atoms with Gasteiger partial charge in [-0.25, -0.2) is 0 Å². The molecule has 1 atom stereocenters. The number of halogens is 1. The topological polar surface area (TPSA) is 52.6 Å². The minimum atomic E-state index is -0.0464. The lowest BCUT2D eigenvalue weighted by Crippen LogP contribution is -2.46. The molecule has 1 heterocycles. The van der Waals surface area contributed by atoms with Gasteiger partial charge in [-0.05, 0) is 50.4 Å². The number of carbonyl (C=O) groups excluding carboxylic acids is 1. The van der Waals surface area contributed by atoms with Crippen LogP contribution in [0, 0.1) is 0 Å². The van der Waals surface area contributed by atoms with Crippen molar-refractivity contribution in [2.75, 3.05) is 13.1 Å². The predicted molar refractivity (Wildman–Crippen MR) is 85.5 cm³/mol. The number of phenols is 1. The lowest BCUT2D eigenvalue weighted by atomic mass is 10.0. The van der Waals surface area contributed by atoms with Crippen LogP contribution in [0.3, 0.4) is 0 Å². The van der Waals surface area contributed by atoms with Crippen LogP contribution >= 0.6 is 15.9 Å². The van der Waals surface area contributed by atoms with Crippen molar-refractivity contribution in [1.82, 2.24) is 10.2 Å². The monoisotopic (exact) mass is 352 g/mol. The molecule has 0 spiro atoms. The van der Waals surface area contributed by atoms with Crippen LogP contribution in [-0.4, -0.2) is 41.1 Å². The van der Waals surface area contributed by atoms with E-state index >= 15 is 0 Å². The van der Waals surface area contributed by atoms with Gasteiger partial charge in [-0.2, -0.15) is 0 Å². The highest BCUT2D eigenvalue weighted by molar-refractivity contribution is 9.10. The van der Waals surface area contributed by atoms with Crippen LogP contribution in [0.2, 0.25) is 0 Å². The van der Waals surface area contributed by atoms with E-state index in [1.54, 1.807) is 18.2 Å². The lowest BCUT2D eigenvalue weighted by molar-refractivity contribution is 0.0715. The maximum absolute atomic E-state index is 12.8. The molecule has 2 fully saturated rings. The number of carbonyl (C=O) groups is 1. The van der Waals surface area contributed by atoms with E-state index < -0.39 is 0 Å². The fraction of sp³-hybridized carbons (Fsp3) is 0.562. The Labute approximate surface area is 133 Å². The second-order valence-electron chi connectivity index (χ2n) is 6.00. The van der Waals surface area contributed by atoms with E-state index in [1.165, 1.54) is 12.8 Å². The highest BCUT2D eigenvalue weighted by Crippen LogP contribution is 2.31. The zero-order chi connectivity index (χ0) is 14.8. The molecule has 2 N–H and O–H groups in total. The van der Waals surface area contributed by atoms with Gasteiger partial charge in [0.15, 0.2) is 0 Å². The van der Waals surface area contributed by atoms with Crippen LogP contribution < -0.4 is 5.32 Å². The highest BCUT2D eigenvalue weighted by Gasteiger charge is 2.35. The zero-order valence-electron chi connectivity index (χ0n) is 12.0. The summed E-state index contributed by atoms with van der Waals surface area (Å²) in [6.07, 6.45) is 5.74. The van der Waals surface area contributed by atoms with E-state index in [0.717, 1.165) is 36.8 Å². The van der Waals surface area contributed by atoms with Crippen LogP contribution in [0.5, 0.6) is 5.75 Å². The normalized spacial score (nSPS) is 22.0. The highest BCUT2D eigenvalue weighted by atomic mass is 79.9. The largest absolute Gasteiger partial charge is 0.507 e. The predicted octanol–water partition coefficient (Wildman–Crippen LogP) is 2.90. The van der Waals surface area contributed by atoms with Crippen molar-refractivity contribution in [3.63, 3.8) is 0 Å². The molecule has 1 amide bonds. The molecular weight excluding hydrogens is 332 g/mol. The number of rotatable bonds is 4. The Morgan fingerprint density at radius 1 is 1.33 bits per heavy atom. The van der Waals surface area contributed by atoms with E-state index in [1.807, 2.05) is 4.90 Å². The Kier molecular flexibility index (Phi) is 4.50. The molecule has 21 heavy (non-hydrogen) atoms. The Balaban J connectivity index is 1.75. The number of nitrogens with one attached hydrogen (secondary N) is 1. The van der Waals surface area contributed by atoms with Crippen molar-refractivity contribution in [2.24, 2.45) is 0 Å². The minimum absolute atomic E-state index is 0.0464. The molecule has 1 saturated carbocycles. The maximum Gasteiger partial charge on any atom is 0.257 e. The van der Waals surface area contributed by atoms with Gasteiger partial charge in [-0.15, -0.1) is 0 Å². The number of hydrogen-bond acceptors (Lipinski definition) is 3. The fourth-order valence-electron chi connectivity index (χ4n) is 2.94. The lowest BCUT2D eigenvalue weighted by Gasteiger charge is -2.31. The number of benzene rings is 1. The fourth-order valence-corrected chi connectivity index (χ4v) is 3.29. The van der Waals surface area contributed by atoms with Crippen LogP contribution in [0.25, 0.3) is 0 Å². The molecule has 1 saturated heterocycles. The molecule has 1 aromatic rings. The summed E-state index contributed by atoms with van der Waals surface area (Å²) in [7, 11) is 0. The third kappa shape index (κ3) is 3.58. The maximum atomic E-state index is 12.8. The van der Waals surface area contributed by atoms with Gasteiger partial charge in [0.25, 0.3) is 5.91 Å². The van der Waals surface area contributed by atoms with Gasteiger partial charge in [0.05, 0.1) is 5.56 Å². The number of hydrogen-bond donors (Lipinski definition) is 2. The Bertz CT molecular complexity index is 525. The molecule has 114 valence electrons. The average Bonchev–Trinajstić information content (AvgIpc) is 3.30. The van der Waals surface area contributed by atoms with Crippen molar-refractivity contribution in [3.8, 4) is 5.75 Å². The van der Waals surface area contributed by atoms with Gasteiger partial charge in [0.1, 0.15) is 5.75 Å². The van der Waals surface area contributed by atoms with Gasteiger partial charge in [0, 0.05) is 23.1 Å². The van der Waals surface area contributed by atoms with Gasteiger partial charge in [-0.3, -0.25) is 4.79 Å². The molecular formula is C16H21BrN2O2. The Morgan fingerprint density at radius 3 is 2.76 bits per heavy atom. The number of piperidine rings is 1. The third-order valence-electron chi connectivity index (χ3n) is 4.27. The molecule has 0 aromatic heterocycles. The standard InChI is InChI=1S/C16H21BrN2O2/c17-11-4-7-14(15(20)9-11)16(21)19(13-5-6-13)10-12-3-1-2-8-18-12/h4,7,9,12-13,18,20H,1-3,5-6,8,10H2. The number of aromatic hydroxyl groups is 1. The molecule has 0 radical (unpaired) electrons. The molecule has 2 aliphatic rings. The molecule has 1 aromatic carbocycles. The quantitative estimate of drug-likeness (QED) is 0.875. The van der Waals surface area contributed by atoms with E-state index in [2.05, 4.69) is 21.2 Å². The molecule has 4 nitrogen and oxygen atoms in total. The van der Waals surface area contributed by atoms with Gasteiger partial charge in [-0.1, -0.05) is 22.4 Å². The smallest absolute Gasteiger partial charge is 0.257 e. The summed E-state index contributed by atoms with van der Waals surface area (Å²) in [5.74, 6) is 0.00602. The SMILES string of the molecule is O=C(c1ccc(Br)cc1O)N(CC1CCCCN1)C1CC1. The van der Waals surface area contributed by atoms with Crippen molar-refractivity contribution in [3.05, 3.63) is 28.2 Å². The third-order valence-corrected chi connectivity index (χ3v) is 4.76. The first-order valence-corrected chi connectivity index (χ1v) is 8.47. The number of phenolic OH excluding ortho intramolecular Hbond substituents is 1. The van der Waals surface area contributed by atoms with Gasteiger partial charge < -0.3 is 15.3 Å². The minimum Gasteiger partial charge on any atom is -0.507 e. The summed E-state index contributed by atoms with van der Waals surface area (Å²) in [5, 5.41) is 13.5. The van der Waals surface area contributed by atoms with E-state index in [4.69, 9.17) is 0 Å². The molecule has 1 unspecified atom stereocenters. The summed E-state index contributed by atoms with van der Waals surface area (Å²) >= 11 is 3.31. The Morgan fingerprint density at radius 2 is 2.14 bits per heavy atom. The summed E-state index contributed by atoms with van der Waals surface area (Å²) in [6.45, 7) is 1.79. The molecule has 3 rings (SSSR count).